The second-order valence-electron chi connectivity index (χ2n) is 6.19. The molecule has 0 spiro atoms. The van der Waals surface area contributed by atoms with Crippen molar-refractivity contribution in [2.45, 2.75) is 32.4 Å². The predicted octanol–water partition coefficient (Wildman–Crippen LogP) is 4.22. The molecule has 4 N–H and O–H groups in total. The van der Waals surface area contributed by atoms with Crippen molar-refractivity contribution in [3.8, 4) is 0 Å². The lowest BCUT2D eigenvalue weighted by Crippen LogP contribution is -2.13. The molecular weight excluding hydrogens is 292 g/mol. The second kappa shape index (κ2) is 7.61. The quantitative estimate of drug-likeness (QED) is 0.838. The first-order valence-electron chi connectivity index (χ1n) is 8.59. The summed E-state index contributed by atoms with van der Waals surface area (Å²) in [7, 11) is 0. The fourth-order valence-electron chi connectivity index (χ4n) is 3.43. The summed E-state index contributed by atoms with van der Waals surface area (Å²) >= 11 is 0. The molecule has 3 rings (SSSR count). The van der Waals surface area contributed by atoms with Gasteiger partial charge in [-0.1, -0.05) is 79.3 Å². The van der Waals surface area contributed by atoms with Crippen LogP contribution in [0.15, 0.2) is 72.3 Å². The van der Waals surface area contributed by atoms with E-state index in [-0.39, 0.29) is 5.92 Å². The van der Waals surface area contributed by atoms with Gasteiger partial charge in [-0.25, -0.2) is 0 Å². The fraction of sp³-hybridized carbons (Fsp3) is 0.227. The normalized spacial score (nSPS) is 14.4. The van der Waals surface area contributed by atoms with E-state index in [0.29, 0.717) is 13.1 Å². The third-order valence-electron chi connectivity index (χ3n) is 4.68. The van der Waals surface area contributed by atoms with E-state index in [1.54, 1.807) is 0 Å². The van der Waals surface area contributed by atoms with Crippen LogP contribution in [0.5, 0.6) is 0 Å². The lowest BCUT2D eigenvalue weighted by Gasteiger charge is -2.26. The fourth-order valence-corrected chi connectivity index (χ4v) is 3.43. The minimum atomic E-state index is 0.216. The zero-order valence-corrected chi connectivity index (χ0v) is 14.2. The highest BCUT2D eigenvalue weighted by Gasteiger charge is 2.28. The Morgan fingerprint density at radius 1 is 0.875 bits per heavy atom. The van der Waals surface area contributed by atoms with E-state index >= 15 is 0 Å². The van der Waals surface area contributed by atoms with Crippen LogP contribution in [-0.2, 0) is 13.1 Å². The van der Waals surface area contributed by atoms with Gasteiger partial charge in [-0.15, -0.1) is 0 Å². The smallest absolute Gasteiger partial charge is 0.0344 e. The maximum atomic E-state index is 5.86. The monoisotopic (exact) mass is 317 g/mol. The molecule has 123 valence electrons. The lowest BCUT2D eigenvalue weighted by molar-refractivity contribution is 0.849. The Kier molecular flexibility index (Phi) is 5.29. The molecule has 0 amide bonds. The highest BCUT2D eigenvalue weighted by atomic mass is 14.5. The summed E-state index contributed by atoms with van der Waals surface area (Å²) in [6, 6.07) is 17.2. The summed E-state index contributed by atoms with van der Waals surface area (Å²) in [6.07, 6.45) is 7.66. The van der Waals surface area contributed by atoms with Crippen LogP contribution in [0.25, 0.3) is 0 Å². The van der Waals surface area contributed by atoms with Gasteiger partial charge in [0.15, 0.2) is 0 Å². The summed E-state index contributed by atoms with van der Waals surface area (Å²) in [5.41, 5.74) is 18.0. The second-order valence-corrected chi connectivity index (χ2v) is 6.19. The molecule has 2 nitrogen and oxygen atoms in total. The van der Waals surface area contributed by atoms with E-state index in [2.05, 4.69) is 73.7 Å². The van der Waals surface area contributed by atoms with E-state index in [4.69, 9.17) is 11.5 Å². The molecule has 0 saturated carbocycles. The van der Waals surface area contributed by atoms with Gasteiger partial charge in [0.2, 0.25) is 0 Å². The van der Waals surface area contributed by atoms with Crippen molar-refractivity contribution in [3.63, 3.8) is 0 Å². The molecule has 2 aromatic rings. The standard InChI is InChI=1S/C22H25N2/c1-2-18-8-5-11-21(18)22(19-9-3-6-16(12-19)14-23)20-10-4-7-17(13-20)15-24/h3-13,22H,2,14-15,23-24H2,1H3. The Morgan fingerprint density at radius 2 is 1.46 bits per heavy atom. The van der Waals surface area contributed by atoms with Crippen molar-refractivity contribution in [2.75, 3.05) is 0 Å². The van der Waals surface area contributed by atoms with E-state index in [1.165, 1.54) is 22.6 Å². The van der Waals surface area contributed by atoms with Crippen LogP contribution in [0.3, 0.4) is 0 Å². The predicted molar refractivity (Wildman–Crippen MR) is 101 cm³/mol. The maximum Gasteiger partial charge on any atom is 0.0344 e. The number of rotatable bonds is 6. The van der Waals surface area contributed by atoms with Gasteiger partial charge in [0, 0.05) is 24.9 Å². The highest BCUT2D eigenvalue weighted by molar-refractivity contribution is 5.54. The Bertz CT molecular complexity index is 711. The molecule has 0 heterocycles. The van der Waals surface area contributed by atoms with Crippen LogP contribution in [0.1, 0.15) is 41.5 Å². The van der Waals surface area contributed by atoms with E-state index in [9.17, 15) is 0 Å². The van der Waals surface area contributed by atoms with Gasteiger partial charge in [0.1, 0.15) is 0 Å². The van der Waals surface area contributed by atoms with Crippen molar-refractivity contribution in [3.05, 3.63) is 101 Å². The summed E-state index contributed by atoms with van der Waals surface area (Å²) in [6.45, 7) is 3.33. The van der Waals surface area contributed by atoms with Crippen molar-refractivity contribution in [2.24, 2.45) is 11.5 Å². The molecule has 2 aromatic carbocycles. The van der Waals surface area contributed by atoms with Crippen molar-refractivity contribution < 1.29 is 0 Å². The van der Waals surface area contributed by atoms with E-state index in [0.717, 1.165) is 17.5 Å². The highest BCUT2D eigenvalue weighted by Crippen LogP contribution is 2.42. The van der Waals surface area contributed by atoms with E-state index in [1.807, 2.05) is 0 Å². The molecular formula is C22H25N2. The summed E-state index contributed by atoms with van der Waals surface area (Å²) in [5.74, 6) is 1.59. The SMILES string of the molecule is CCC1=CC=C[C]1C(c1cccc(CN)c1)c1cccc(CN)c1. The third-order valence-corrected chi connectivity index (χ3v) is 4.68. The van der Waals surface area contributed by atoms with Crippen LogP contribution in [0, 0.1) is 5.92 Å². The first-order valence-corrected chi connectivity index (χ1v) is 8.59. The molecule has 0 saturated heterocycles. The number of benzene rings is 2. The first-order chi connectivity index (χ1) is 11.8. The first kappa shape index (κ1) is 16.7. The molecule has 2 heteroatoms. The van der Waals surface area contributed by atoms with Gasteiger partial charge < -0.3 is 11.5 Å². The lowest BCUT2D eigenvalue weighted by atomic mass is 9.77. The molecule has 0 bridgehead atoms. The zero-order valence-electron chi connectivity index (χ0n) is 14.2. The van der Waals surface area contributed by atoms with Crippen LogP contribution >= 0.6 is 0 Å². The molecule has 0 aromatic heterocycles. The zero-order chi connectivity index (χ0) is 16.9. The number of hydrogen-bond acceptors (Lipinski definition) is 2. The maximum absolute atomic E-state index is 5.86. The Morgan fingerprint density at radius 3 is 1.96 bits per heavy atom. The summed E-state index contributed by atoms with van der Waals surface area (Å²) in [5, 5.41) is 0. The molecule has 1 radical (unpaired) electrons. The number of allylic oxidation sites excluding steroid dienone is 4. The van der Waals surface area contributed by atoms with Gasteiger partial charge in [0.05, 0.1) is 0 Å². The summed E-state index contributed by atoms with van der Waals surface area (Å²) < 4.78 is 0. The Balaban J connectivity index is 2.09. The van der Waals surface area contributed by atoms with Gasteiger partial charge >= 0.3 is 0 Å². The molecule has 0 atom stereocenters. The number of nitrogens with two attached hydrogens (primary N) is 2. The molecule has 0 unspecified atom stereocenters. The Hall–Kier alpha value is -2.16. The van der Waals surface area contributed by atoms with Crippen LogP contribution < -0.4 is 11.5 Å². The van der Waals surface area contributed by atoms with Crippen LogP contribution in [0.4, 0.5) is 0 Å². The Labute approximate surface area is 144 Å². The summed E-state index contributed by atoms with van der Waals surface area (Å²) in [4.78, 5) is 0. The molecule has 1 aliphatic rings. The molecule has 0 fully saturated rings. The van der Waals surface area contributed by atoms with Crippen LogP contribution in [-0.4, -0.2) is 0 Å². The largest absolute Gasteiger partial charge is 0.326 e. The van der Waals surface area contributed by atoms with Gasteiger partial charge in [-0.3, -0.25) is 0 Å². The van der Waals surface area contributed by atoms with Gasteiger partial charge in [0.25, 0.3) is 0 Å². The van der Waals surface area contributed by atoms with Crippen molar-refractivity contribution in [1.29, 1.82) is 0 Å². The van der Waals surface area contributed by atoms with Gasteiger partial charge in [-0.05, 0) is 28.7 Å². The average Bonchev–Trinajstić information content (AvgIpc) is 3.10. The topological polar surface area (TPSA) is 52.0 Å². The van der Waals surface area contributed by atoms with Crippen molar-refractivity contribution in [1.82, 2.24) is 0 Å². The minimum Gasteiger partial charge on any atom is -0.326 e. The molecule has 0 aliphatic heterocycles. The average molecular weight is 317 g/mol. The molecule has 1 aliphatic carbocycles. The molecule has 24 heavy (non-hydrogen) atoms. The van der Waals surface area contributed by atoms with Gasteiger partial charge in [-0.2, -0.15) is 0 Å². The third kappa shape index (κ3) is 3.35. The van der Waals surface area contributed by atoms with Crippen molar-refractivity contribution >= 4 is 0 Å². The van der Waals surface area contributed by atoms with Crippen LogP contribution in [0.2, 0.25) is 0 Å². The number of hydrogen-bond donors (Lipinski definition) is 2. The van der Waals surface area contributed by atoms with E-state index < -0.39 is 0 Å². The minimum absolute atomic E-state index is 0.216.